The number of pyridine rings is 1. The Morgan fingerprint density at radius 1 is 1.27 bits per heavy atom. The van der Waals surface area contributed by atoms with Crippen LogP contribution in [0.25, 0.3) is 0 Å². The quantitative estimate of drug-likeness (QED) is 0.528. The molecule has 2 saturated heterocycles. The zero-order valence-corrected chi connectivity index (χ0v) is 23.5. The molecule has 2 bridgehead atoms. The first-order valence-corrected chi connectivity index (χ1v) is 14.0. The van der Waals surface area contributed by atoms with E-state index in [0.717, 1.165) is 6.42 Å². The normalized spacial score (nSPS) is 33.5. The number of alkyl carbamates (subject to hydrolysis) is 1. The molecule has 0 aromatic carbocycles. The van der Waals surface area contributed by atoms with Gasteiger partial charge < -0.3 is 29.9 Å². The number of rotatable bonds is 3. The average molecular weight is 563 g/mol. The molecule has 2 aliphatic carbocycles. The molecule has 0 unspecified atom stereocenters. The van der Waals surface area contributed by atoms with Crippen molar-refractivity contribution in [1.29, 1.82) is 5.26 Å². The van der Waals surface area contributed by atoms with Gasteiger partial charge in [-0.05, 0) is 47.6 Å². The Morgan fingerprint density at radius 2 is 2.02 bits per heavy atom. The van der Waals surface area contributed by atoms with Gasteiger partial charge in [-0.15, -0.1) is 0 Å². The fourth-order valence-corrected chi connectivity index (χ4v) is 7.43. The summed E-state index contributed by atoms with van der Waals surface area (Å²) in [6, 6.07) is 2.84. The smallest absolute Gasteiger partial charge is 0.407 e. The Morgan fingerprint density at radius 3 is 2.73 bits per heavy atom. The zero-order valence-electron chi connectivity index (χ0n) is 23.5. The van der Waals surface area contributed by atoms with Gasteiger partial charge in [0.1, 0.15) is 18.1 Å². The van der Waals surface area contributed by atoms with Gasteiger partial charge in [0, 0.05) is 19.2 Å². The van der Waals surface area contributed by atoms with Gasteiger partial charge in [-0.25, -0.2) is 9.78 Å². The number of carbonyl (C=O) groups is 4. The number of aromatic nitrogens is 1. The summed E-state index contributed by atoms with van der Waals surface area (Å²) in [7, 11) is 1.23. The monoisotopic (exact) mass is 562 g/mol. The van der Waals surface area contributed by atoms with Crippen LogP contribution in [0.3, 0.4) is 0 Å². The predicted molar refractivity (Wildman–Crippen MR) is 144 cm³/mol. The van der Waals surface area contributed by atoms with Crippen molar-refractivity contribution in [2.45, 2.75) is 57.3 Å². The van der Waals surface area contributed by atoms with E-state index in [1.54, 1.807) is 17.0 Å². The van der Waals surface area contributed by atoms with Crippen LogP contribution in [0.5, 0.6) is 5.75 Å². The first-order valence-electron chi connectivity index (χ1n) is 14.0. The number of methoxy groups -OCH3 is 1. The molecule has 41 heavy (non-hydrogen) atoms. The summed E-state index contributed by atoms with van der Waals surface area (Å²) in [5, 5.41) is 15.5. The maximum Gasteiger partial charge on any atom is 0.407 e. The van der Waals surface area contributed by atoms with Crippen molar-refractivity contribution in [3.8, 4) is 11.8 Å². The summed E-state index contributed by atoms with van der Waals surface area (Å²) in [6.45, 7) is 5.75. The summed E-state index contributed by atoms with van der Waals surface area (Å²) in [5.74, 6) is -0.204. The van der Waals surface area contributed by atoms with E-state index in [2.05, 4.69) is 33.8 Å². The molecule has 2 N–H and O–H groups in total. The third-order valence-corrected chi connectivity index (χ3v) is 9.37. The fourth-order valence-electron chi connectivity index (χ4n) is 7.43. The molecule has 216 valence electrons. The van der Waals surface area contributed by atoms with Crippen LogP contribution in [-0.2, 0) is 19.1 Å². The van der Waals surface area contributed by atoms with E-state index in [1.807, 2.05) is 20.8 Å². The van der Waals surface area contributed by atoms with Crippen LogP contribution in [0, 0.1) is 40.4 Å². The molecule has 12 nitrogen and oxygen atoms in total. The highest BCUT2D eigenvalue weighted by Crippen LogP contribution is 2.55. The number of nitrogens with one attached hydrogen (secondary N) is 2. The maximum absolute atomic E-state index is 14.5. The first-order chi connectivity index (χ1) is 19.5. The Balaban J connectivity index is 1.33. The molecule has 8 atom stereocenters. The van der Waals surface area contributed by atoms with Crippen molar-refractivity contribution >= 4 is 29.6 Å². The Hall–Kier alpha value is -4.14. The van der Waals surface area contributed by atoms with Crippen molar-refractivity contribution in [3.63, 3.8) is 0 Å². The SMILES string of the molecule is COC(=O)N[C@H](C(=O)N1C[C@H]2[C@@H]([C@H]1C(=O)N1C[C@@]3(C[C@H]1C#N)Oc1cccnc1NC3=O)[C@H]1C=C[C@@H]2C1)C(C)(C)C. The minimum Gasteiger partial charge on any atom is -0.472 e. The summed E-state index contributed by atoms with van der Waals surface area (Å²) in [4.78, 5) is 61.3. The maximum atomic E-state index is 14.5. The van der Waals surface area contributed by atoms with Crippen LogP contribution in [-0.4, -0.2) is 82.5 Å². The topological polar surface area (TPSA) is 154 Å². The van der Waals surface area contributed by atoms with Gasteiger partial charge >= 0.3 is 6.09 Å². The highest BCUT2D eigenvalue weighted by molar-refractivity contribution is 6.01. The van der Waals surface area contributed by atoms with E-state index in [4.69, 9.17) is 9.47 Å². The van der Waals surface area contributed by atoms with Crippen molar-refractivity contribution in [1.82, 2.24) is 20.1 Å². The Kier molecular flexibility index (Phi) is 6.24. The minimum atomic E-state index is -1.45. The van der Waals surface area contributed by atoms with E-state index in [-0.39, 0.29) is 54.3 Å². The number of nitriles is 1. The molecule has 6 rings (SSSR count). The number of fused-ring (bicyclic) bond motifs is 6. The van der Waals surface area contributed by atoms with Crippen molar-refractivity contribution in [2.24, 2.45) is 29.1 Å². The molecule has 1 aromatic heterocycles. The van der Waals surface area contributed by atoms with E-state index in [0.29, 0.717) is 12.3 Å². The van der Waals surface area contributed by atoms with Gasteiger partial charge in [0.2, 0.25) is 17.4 Å². The second kappa shape index (κ2) is 9.46. The van der Waals surface area contributed by atoms with E-state index >= 15 is 0 Å². The second-order valence-corrected chi connectivity index (χ2v) is 12.8. The molecule has 4 amide bonds. The van der Waals surface area contributed by atoms with Crippen LogP contribution < -0.4 is 15.4 Å². The molecule has 1 spiro atoms. The molecular formula is C29H34N6O6. The molecule has 4 heterocycles. The standard InChI is InChI=1S/C29H34N6O6/c1-28(2,3)22(32-27(39)40-4)25(37)34-13-18-15-7-8-16(10-15)20(18)21(34)24(36)35-14-29(11-17(35)12-30)26(38)33-23-19(41-29)6-5-9-31-23/h5-9,15-18,20-22H,10-11,13-14H2,1-4H3,(H,32,39)(H,31,33,38)/t15-,16+,17+,18-,20+,21+,22-,29-/m1/s1. The van der Waals surface area contributed by atoms with Gasteiger partial charge in [0.15, 0.2) is 11.6 Å². The third-order valence-electron chi connectivity index (χ3n) is 9.37. The molecule has 3 fully saturated rings. The number of anilines is 1. The Labute approximate surface area is 238 Å². The molecular weight excluding hydrogens is 528 g/mol. The van der Waals surface area contributed by atoms with Crippen LogP contribution in [0.1, 0.15) is 33.6 Å². The molecule has 5 aliphatic rings. The van der Waals surface area contributed by atoms with E-state index in [9.17, 15) is 24.4 Å². The van der Waals surface area contributed by atoms with Crippen LogP contribution in [0.2, 0.25) is 0 Å². The summed E-state index contributed by atoms with van der Waals surface area (Å²) in [5.41, 5.74) is -2.12. The molecule has 1 aromatic rings. The van der Waals surface area contributed by atoms with Gasteiger partial charge in [-0.3, -0.25) is 14.4 Å². The molecule has 12 heteroatoms. The lowest BCUT2D eigenvalue weighted by Gasteiger charge is -2.38. The summed E-state index contributed by atoms with van der Waals surface area (Å²) >= 11 is 0. The number of hydrogen-bond donors (Lipinski definition) is 2. The van der Waals surface area contributed by atoms with Crippen molar-refractivity contribution in [2.75, 3.05) is 25.5 Å². The Bertz CT molecular complexity index is 1380. The van der Waals surface area contributed by atoms with Crippen molar-refractivity contribution < 1.29 is 28.7 Å². The largest absolute Gasteiger partial charge is 0.472 e. The fraction of sp³-hybridized carbons (Fsp3) is 0.586. The van der Waals surface area contributed by atoms with E-state index < -0.39 is 41.1 Å². The lowest BCUT2D eigenvalue weighted by Crippen LogP contribution is -2.60. The van der Waals surface area contributed by atoms with Crippen LogP contribution in [0.15, 0.2) is 30.5 Å². The van der Waals surface area contributed by atoms with Crippen LogP contribution >= 0.6 is 0 Å². The third kappa shape index (κ3) is 4.21. The molecule has 1 saturated carbocycles. The number of likely N-dealkylation sites (tertiary alicyclic amines) is 2. The first kappa shape index (κ1) is 27.1. The molecule has 0 radical (unpaired) electrons. The van der Waals surface area contributed by atoms with Gasteiger partial charge in [-0.2, -0.15) is 5.26 Å². The number of carbonyl (C=O) groups excluding carboxylic acids is 4. The molecule has 3 aliphatic heterocycles. The van der Waals surface area contributed by atoms with Gasteiger partial charge in [-0.1, -0.05) is 32.9 Å². The van der Waals surface area contributed by atoms with E-state index in [1.165, 1.54) is 18.2 Å². The highest BCUT2D eigenvalue weighted by atomic mass is 16.5. The van der Waals surface area contributed by atoms with Gasteiger partial charge in [0.25, 0.3) is 5.91 Å². The number of ether oxygens (including phenoxy) is 2. The van der Waals surface area contributed by atoms with Crippen LogP contribution in [0.4, 0.5) is 10.6 Å². The second-order valence-electron chi connectivity index (χ2n) is 12.8. The predicted octanol–water partition coefficient (Wildman–Crippen LogP) is 1.70. The minimum absolute atomic E-state index is 0.00929. The lowest BCUT2D eigenvalue weighted by molar-refractivity contribution is -0.148. The highest BCUT2D eigenvalue weighted by Gasteiger charge is 2.62. The number of amides is 4. The number of hydrogen-bond acceptors (Lipinski definition) is 8. The van der Waals surface area contributed by atoms with Gasteiger partial charge in [0.05, 0.1) is 19.7 Å². The number of allylic oxidation sites excluding steroid dienone is 2. The lowest BCUT2D eigenvalue weighted by atomic mass is 9.81. The number of nitrogens with zero attached hydrogens (tertiary/aromatic N) is 4. The average Bonchev–Trinajstić information content (AvgIpc) is 3.71. The van der Waals surface area contributed by atoms with Crippen molar-refractivity contribution in [3.05, 3.63) is 30.5 Å². The zero-order chi connectivity index (χ0) is 29.3. The summed E-state index contributed by atoms with van der Waals surface area (Å²) < 4.78 is 10.9. The summed E-state index contributed by atoms with van der Waals surface area (Å²) in [6.07, 6.45) is 6.01.